The molecule has 9 heteroatoms. The first-order chi connectivity index (χ1) is 12.8. The summed E-state index contributed by atoms with van der Waals surface area (Å²) in [6.07, 6.45) is 3.32. The fourth-order valence-electron chi connectivity index (χ4n) is 3.70. The first-order valence-electron chi connectivity index (χ1n) is 8.80. The Kier molecular flexibility index (Phi) is 5.69. The van der Waals surface area contributed by atoms with Crippen molar-refractivity contribution in [1.82, 2.24) is 10.2 Å². The van der Waals surface area contributed by atoms with E-state index in [0.717, 1.165) is 24.2 Å². The number of hydrogen-bond acceptors (Lipinski definition) is 4. The zero-order valence-corrected chi connectivity index (χ0v) is 15.7. The third kappa shape index (κ3) is 4.07. The summed E-state index contributed by atoms with van der Waals surface area (Å²) >= 11 is 0.413. The second kappa shape index (κ2) is 7.84. The molecule has 1 aliphatic heterocycles. The van der Waals surface area contributed by atoms with Crippen LogP contribution < -0.4 is 10.6 Å². The Bertz CT molecular complexity index is 744. The molecule has 2 N–H and O–H groups in total. The van der Waals surface area contributed by atoms with Crippen molar-refractivity contribution < 1.29 is 23.2 Å². The molecule has 27 heavy (non-hydrogen) atoms. The molecule has 1 aliphatic carbocycles. The van der Waals surface area contributed by atoms with Crippen molar-refractivity contribution in [2.75, 3.05) is 11.9 Å². The van der Waals surface area contributed by atoms with E-state index in [0.29, 0.717) is 28.8 Å². The van der Waals surface area contributed by atoms with Crippen molar-refractivity contribution >= 4 is 35.3 Å². The first-order valence-corrected chi connectivity index (χ1v) is 9.68. The van der Waals surface area contributed by atoms with Crippen LogP contribution >= 0.6 is 11.8 Å². The number of carbonyl (C=O) groups is 3. The molecule has 1 spiro atoms. The maximum atomic E-state index is 12.8. The number of nitrogens with zero attached hydrogens (tertiary/aromatic N) is 1. The number of nitrogens with one attached hydrogen (secondary N) is 2. The van der Waals surface area contributed by atoms with Crippen molar-refractivity contribution in [2.45, 2.75) is 48.8 Å². The van der Waals surface area contributed by atoms with Gasteiger partial charge in [0.1, 0.15) is 12.1 Å². The summed E-state index contributed by atoms with van der Waals surface area (Å²) < 4.78 is 24.7. The number of thioether (sulfide) groups is 1. The molecule has 146 valence electrons. The smallest absolute Gasteiger partial charge is 0.325 e. The largest absolute Gasteiger partial charge is 0.325 e. The van der Waals surface area contributed by atoms with E-state index in [2.05, 4.69) is 10.6 Å². The van der Waals surface area contributed by atoms with Gasteiger partial charge in [-0.2, -0.15) is 8.78 Å². The van der Waals surface area contributed by atoms with Crippen LogP contribution in [-0.2, 0) is 9.59 Å². The molecule has 1 saturated carbocycles. The number of benzene rings is 1. The van der Waals surface area contributed by atoms with Crippen LogP contribution in [0.25, 0.3) is 0 Å². The summed E-state index contributed by atoms with van der Waals surface area (Å²) in [6.45, 7) is 1.56. The maximum Gasteiger partial charge on any atom is 0.325 e. The van der Waals surface area contributed by atoms with Gasteiger partial charge >= 0.3 is 6.03 Å². The predicted octanol–water partition coefficient (Wildman–Crippen LogP) is 3.44. The second-order valence-corrected chi connectivity index (χ2v) is 7.95. The molecule has 2 fully saturated rings. The number of halogens is 2. The van der Waals surface area contributed by atoms with Crippen LogP contribution in [-0.4, -0.2) is 40.6 Å². The number of anilines is 1. The quantitative estimate of drug-likeness (QED) is 0.589. The van der Waals surface area contributed by atoms with Gasteiger partial charge in [0.25, 0.3) is 11.7 Å². The van der Waals surface area contributed by atoms with Gasteiger partial charge in [0.15, 0.2) is 0 Å². The SMILES string of the molecule is C[C@H]1CCCC[C@]12NC(=O)N(CC(=O)Nc1ccc(SC(F)F)cc1)C2=O. The van der Waals surface area contributed by atoms with E-state index in [4.69, 9.17) is 0 Å². The molecule has 0 unspecified atom stereocenters. The highest BCUT2D eigenvalue weighted by Gasteiger charge is 2.55. The second-order valence-electron chi connectivity index (χ2n) is 6.89. The lowest BCUT2D eigenvalue weighted by Gasteiger charge is -2.36. The van der Waals surface area contributed by atoms with E-state index in [-0.39, 0.29) is 18.4 Å². The van der Waals surface area contributed by atoms with E-state index < -0.39 is 23.2 Å². The van der Waals surface area contributed by atoms with E-state index in [9.17, 15) is 23.2 Å². The molecule has 0 radical (unpaired) electrons. The predicted molar refractivity (Wildman–Crippen MR) is 97.5 cm³/mol. The molecule has 1 heterocycles. The van der Waals surface area contributed by atoms with E-state index in [1.54, 1.807) is 0 Å². The topological polar surface area (TPSA) is 78.5 Å². The molecule has 4 amide bonds. The van der Waals surface area contributed by atoms with Gasteiger partial charge in [-0.1, -0.05) is 31.5 Å². The third-order valence-corrected chi connectivity index (χ3v) is 5.89. The summed E-state index contributed by atoms with van der Waals surface area (Å²) in [6, 6.07) is 5.39. The summed E-state index contributed by atoms with van der Waals surface area (Å²) in [5, 5.41) is 5.38. The summed E-state index contributed by atoms with van der Waals surface area (Å²) in [7, 11) is 0. The van der Waals surface area contributed by atoms with Crippen LogP contribution in [0.15, 0.2) is 29.2 Å². The Balaban J connectivity index is 1.62. The molecule has 2 aliphatic rings. The number of alkyl halides is 2. The molecular formula is C18H21F2N3O3S. The number of hydrogen-bond donors (Lipinski definition) is 2. The summed E-state index contributed by atoms with van der Waals surface area (Å²) in [5.74, 6) is -3.36. The van der Waals surface area contributed by atoms with Crippen LogP contribution in [0.1, 0.15) is 32.6 Å². The van der Waals surface area contributed by atoms with Gasteiger partial charge in [0, 0.05) is 10.6 Å². The average Bonchev–Trinajstić information content (AvgIpc) is 2.84. The molecule has 1 saturated heterocycles. The van der Waals surface area contributed by atoms with Crippen LogP contribution in [0.2, 0.25) is 0 Å². The molecule has 2 atom stereocenters. The Labute approximate surface area is 160 Å². The molecule has 1 aromatic carbocycles. The van der Waals surface area contributed by atoms with E-state index >= 15 is 0 Å². The lowest BCUT2D eigenvalue weighted by atomic mass is 9.73. The van der Waals surface area contributed by atoms with Crippen molar-refractivity contribution in [3.63, 3.8) is 0 Å². The highest BCUT2D eigenvalue weighted by Crippen LogP contribution is 2.38. The third-order valence-electron chi connectivity index (χ3n) is 5.17. The molecule has 0 aromatic heterocycles. The van der Waals surface area contributed by atoms with Crippen molar-refractivity contribution in [3.05, 3.63) is 24.3 Å². The number of amides is 4. The van der Waals surface area contributed by atoms with Gasteiger partial charge in [0.2, 0.25) is 5.91 Å². The van der Waals surface area contributed by atoms with Gasteiger partial charge in [-0.15, -0.1) is 0 Å². The zero-order chi connectivity index (χ0) is 19.6. The summed E-state index contributed by atoms with van der Waals surface area (Å²) in [5.41, 5.74) is -0.490. The monoisotopic (exact) mass is 397 g/mol. The highest BCUT2D eigenvalue weighted by molar-refractivity contribution is 7.99. The Morgan fingerprint density at radius 2 is 2.04 bits per heavy atom. The number of imide groups is 1. The van der Waals surface area contributed by atoms with Crippen molar-refractivity contribution in [1.29, 1.82) is 0 Å². The molecule has 6 nitrogen and oxygen atoms in total. The Morgan fingerprint density at radius 1 is 1.33 bits per heavy atom. The molecule has 3 rings (SSSR count). The van der Waals surface area contributed by atoms with Crippen LogP contribution in [0, 0.1) is 5.92 Å². The maximum absolute atomic E-state index is 12.8. The highest BCUT2D eigenvalue weighted by atomic mass is 32.2. The van der Waals surface area contributed by atoms with Gasteiger partial charge < -0.3 is 10.6 Å². The van der Waals surface area contributed by atoms with Gasteiger partial charge in [0.05, 0.1) is 0 Å². The minimum absolute atomic E-state index is 0.0237. The lowest BCUT2D eigenvalue weighted by molar-refractivity contribution is -0.136. The minimum Gasteiger partial charge on any atom is -0.325 e. The number of carbonyl (C=O) groups excluding carboxylic acids is 3. The van der Waals surface area contributed by atoms with Crippen LogP contribution in [0.4, 0.5) is 19.3 Å². The fraction of sp³-hybridized carbons (Fsp3) is 0.500. The number of urea groups is 1. The van der Waals surface area contributed by atoms with Gasteiger partial charge in [-0.3, -0.25) is 14.5 Å². The molecule has 0 bridgehead atoms. The van der Waals surface area contributed by atoms with Crippen molar-refractivity contribution in [3.8, 4) is 0 Å². The van der Waals surface area contributed by atoms with Gasteiger partial charge in [-0.25, -0.2) is 4.79 Å². The normalized spacial score (nSPS) is 25.2. The average molecular weight is 397 g/mol. The van der Waals surface area contributed by atoms with Crippen molar-refractivity contribution in [2.24, 2.45) is 5.92 Å². The summed E-state index contributed by atoms with van der Waals surface area (Å²) in [4.78, 5) is 38.7. The van der Waals surface area contributed by atoms with Crippen LogP contribution in [0.5, 0.6) is 0 Å². The van der Waals surface area contributed by atoms with Gasteiger partial charge in [-0.05, 0) is 43.0 Å². The van der Waals surface area contributed by atoms with E-state index in [1.165, 1.54) is 24.3 Å². The standard InChI is InChI=1S/C18H21F2N3O3S/c1-11-4-2-3-9-18(11)15(25)23(17(26)22-18)10-14(24)21-12-5-7-13(8-6-12)27-16(19)20/h5-8,11,16H,2-4,9-10H2,1H3,(H,21,24)(H,22,26)/t11-,18-/m0/s1. The minimum atomic E-state index is -2.51. The lowest BCUT2D eigenvalue weighted by Crippen LogP contribution is -2.54. The Morgan fingerprint density at radius 3 is 2.67 bits per heavy atom. The Hall–Kier alpha value is -2.16. The molecular weight excluding hydrogens is 376 g/mol. The van der Waals surface area contributed by atoms with Crippen LogP contribution in [0.3, 0.4) is 0 Å². The first kappa shape index (κ1) is 19.6. The number of rotatable bonds is 5. The zero-order valence-electron chi connectivity index (χ0n) is 14.8. The molecule has 1 aromatic rings. The van der Waals surface area contributed by atoms with E-state index in [1.807, 2.05) is 6.92 Å². The fourth-order valence-corrected chi connectivity index (χ4v) is 4.20.